The molecule has 4 atom stereocenters. The normalized spacial score (nSPS) is 42.3. The van der Waals surface area contributed by atoms with Crippen LogP contribution in [0.15, 0.2) is 23.8 Å². The van der Waals surface area contributed by atoms with Gasteiger partial charge in [-0.05, 0) is 38.0 Å². The smallest absolute Gasteiger partial charge is 0.165 e. The average molecular weight is 204 g/mol. The molecular formula is C13H16O2. The summed E-state index contributed by atoms with van der Waals surface area (Å²) in [5.41, 5.74) is -0.336. The van der Waals surface area contributed by atoms with E-state index in [0.29, 0.717) is 23.3 Å². The van der Waals surface area contributed by atoms with Gasteiger partial charge in [-0.15, -0.1) is 0 Å². The van der Waals surface area contributed by atoms with Gasteiger partial charge in [0.1, 0.15) is 0 Å². The maximum absolute atomic E-state index is 12.2. The quantitative estimate of drug-likeness (QED) is 0.660. The molecule has 2 bridgehead atoms. The number of hydrogen-bond donors (Lipinski definition) is 1. The lowest BCUT2D eigenvalue weighted by atomic mass is 9.84. The van der Waals surface area contributed by atoms with Crippen LogP contribution < -0.4 is 0 Å². The molecule has 0 aromatic heterocycles. The highest BCUT2D eigenvalue weighted by atomic mass is 16.3. The van der Waals surface area contributed by atoms with Gasteiger partial charge in [0.2, 0.25) is 0 Å². The minimum Gasteiger partial charge on any atom is -0.386 e. The van der Waals surface area contributed by atoms with Crippen LogP contribution in [0.5, 0.6) is 0 Å². The summed E-state index contributed by atoms with van der Waals surface area (Å²) in [6, 6.07) is 0. The van der Waals surface area contributed by atoms with Crippen molar-refractivity contribution in [1.82, 2.24) is 0 Å². The minimum atomic E-state index is -0.971. The van der Waals surface area contributed by atoms with Crippen LogP contribution in [0.2, 0.25) is 0 Å². The highest BCUT2D eigenvalue weighted by Gasteiger charge is 2.52. The SMILES string of the molecule is CC(C)(O)C1=C[C@@H]2[C@H](C1=O)[C@H]1C=C[C@@H]2C1. The standard InChI is InChI=1S/C13H16O2/c1-13(2,15)10-6-9-7-3-4-8(5-7)11(9)12(10)14/h3-4,6-9,11,15H,5H2,1-2H3/t7-,8+,9+,11-/m1/s1. The molecular weight excluding hydrogens is 188 g/mol. The molecule has 0 heterocycles. The summed E-state index contributed by atoms with van der Waals surface area (Å²) in [7, 11) is 0. The number of Topliss-reactive ketones (excluding diaryl/α,β-unsaturated/α-hetero) is 1. The summed E-state index contributed by atoms with van der Waals surface area (Å²) in [6.45, 7) is 3.40. The molecule has 2 nitrogen and oxygen atoms in total. The van der Waals surface area contributed by atoms with Crippen molar-refractivity contribution in [3.63, 3.8) is 0 Å². The number of ketones is 1. The monoisotopic (exact) mass is 204 g/mol. The third-order valence-corrected chi connectivity index (χ3v) is 4.11. The van der Waals surface area contributed by atoms with Crippen molar-refractivity contribution in [2.45, 2.75) is 25.9 Å². The topological polar surface area (TPSA) is 37.3 Å². The van der Waals surface area contributed by atoms with Crippen molar-refractivity contribution in [1.29, 1.82) is 0 Å². The van der Waals surface area contributed by atoms with E-state index in [0.717, 1.165) is 6.42 Å². The van der Waals surface area contributed by atoms with Crippen LogP contribution in [-0.4, -0.2) is 16.5 Å². The molecule has 15 heavy (non-hydrogen) atoms. The highest BCUT2D eigenvalue weighted by molar-refractivity contribution is 6.02. The lowest BCUT2D eigenvalue weighted by Gasteiger charge is -2.21. The fourth-order valence-corrected chi connectivity index (χ4v) is 3.42. The Morgan fingerprint density at radius 2 is 2.00 bits per heavy atom. The summed E-state index contributed by atoms with van der Waals surface area (Å²) >= 11 is 0. The number of allylic oxidation sites excluding steroid dienone is 3. The maximum Gasteiger partial charge on any atom is 0.165 e. The van der Waals surface area contributed by atoms with E-state index in [1.165, 1.54) is 0 Å². The Labute approximate surface area is 89.7 Å². The molecule has 0 aromatic carbocycles. The largest absolute Gasteiger partial charge is 0.386 e. The van der Waals surface area contributed by atoms with Gasteiger partial charge in [0, 0.05) is 11.5 Å². The third kappa shape index (κ3) is 1.11. The molecule has 1 saturated carbocycles. The summed E-state index contributed by atoms with van der Waals surface area (Å²) in [5.74, 6) is 1.67. The van der Waals surface area contributed by atoms with Crippen LogP contribution in [0.4, 0.5) is 0 Å². The van der Waals surface area contributed by atoms with Crippen molar-refractivity contribution < 1.29 is 9.90 Å². The Balaban J connectivity index is 1.99. The van der Waals surface area contributed by atoms with Crippen molar-refractivity contribution in [2.75, 3.05) is 0 Å². The highest BCUT2D eigenvalue weighted by Crippen LogP contribution is 2.54. The fourth-order valence-electron chi connectivity index (χ4n) is 3.42. The van der Waals surface area contributed by atoms with Crippen molar-refractivity contribution >= 4 is 5.78 Å². The number of aliphatic hydroxyl groups is 1. The molecule has 3 rings (SSSR count). The van der Waals surface area contributed by atoms with Gasteiger partial charge in [0.15, 0.2) is 5.78 Å². The van der Waals surface area contributed by atoms with Crippen LogP contribution in [-0.2, 0) is 4.79 Å². The van der Waals surface area contributed by atoms with Gasteiger partial charge in [-0.25, -0.2) is 0 Å². The fraction of sp³-hybridized carbons (Fsp3) is 0.615. The van der Waals surface area contributed by atoms with Crippen LogP contribution in [0.3, 0.4) is 0 Å². The summed E-state index contributed by atoms with van der Waals surface area (Å²) < 4.78 is 0. The van der Waals surface area contributed by atoms with E-state index in [-0.39, 0.29) is 11.7 Å². The second-order valence-corrected chi connectivity index (χ2v) is 5.56. The van der Waals surface area contributed by atoms with E-state index in [9.17, 15) is 9.90 Å². The zero-order valence-electron chi connectivity index (χ0n) is 9.10. The Morgan fingerprint density at radius 1 is 1.33 bits per heavy atom. The molecule has 0 amide bonds. The Hall–Kier alpha value is -0.890. The second-order valence-electron chi connectivity index (χ2n) is 5.56. The van der Waals surface area contributed by atoms with Crippen LogP contribution in [0, 0.1) is 23.7 Å². The summed E-state index contributed by atoms with van der Waals surface area (Å²) in [4.78, 5) is 12.2. The first kappa shape index (κ1) is 9.34. The number of rotatable bonds is 1. The number of fused-ring (bicyclic) bond motifs is 5. The van der Waals surface area contributed by atoms with E-state index in [1.54, 1.807) is 13.8 Å². The number of carbonyl (C=O) groups is 1. The van der Waals surface area contributed by atoms with Crippen LogP contribution in [0.25, 0.3) is 0 Å². The first-order chi connectivity index (χ1) is 6.98. The molecule has 2 heteroatoms. The first-order valence-electron chi connectivity index (χ1n) is 5.65. The molecule has 1 N–H and O–H groups in total. The number of carbonyl (C=O) groups excluding carboxylic acids is 1. The van der Waals surface area contributed by atoms with Gasteiger partial charge < -0.3 is 5.11 Å². The van der Waals surface area contributed by atoms with Gasteiger partial charge in [-0.1, -0.05) is 18.2 Å². The molecule has 0 aliphatic heterocycles. The van der Waals surface area contributed by atoms with E-state index in [1.807, 2.05) is 6.08 Å². The summed E-state index contributed by atoms with van der Waals surface area (Å²) in [6.07, 6.45) is 7.59. The zero-order valence-corrected chi connectivity index (χ0v) is 9.10. The molecule has 0 radical (unpaired) electrons. The van der Waals surface area contributed by atoms with E-state index in [2.05, 4.69) is 12.2 Å². The molecule has 0 aromatic rings. The van der Waals surface area contributed by atoms with E-state index >= 15 is 0 Å². The Bertz CT molecular complexity index is 384. The van der Waals surface area contributed by atoms with E-state index < -0.39 is 5.60 Å². The van der Waals surface area contributed by atoms with Gasteiger partial charge in [-0.2, -0.15) is 0 Å². The lowest BCUT2D eigenvalue weighted by molar-refractivity contribution is -0.121. The average Bonchev–Trinajstić information content (AvgIpc) is 2.73. The predicted molar refractivity (Wildman–Crippen MR) is 57.1 cm³/mol. The van der Waals surface area contributed by atoms with E-state index in [4.69, 9.17) is 0 Å². The zero-order chi connectivity index (χ0) is 10.8. The third-order valence-electron chi connectivity index (χ3n) is 4.11. The second kappa shape index (κ2) is 2.62. The van der Waals surface area contributed by atoms with Crippen molar-refractivity contribution in [3.8, 4) is 0 Å². The molecule has 0 saturated heterocycles. The first-order valence-corrected chi connectivity index (χ1v) is 5.65. The Kier molecular flexibility index (Phi) is 1.63. The minimum absolute atomic E-state index is 0.140. The number of hydrogen-bond acceptors (Lipinski definition) is 2. The van der Waals surface area contributed by atoms with Crippen LogP contribution >= 0.6 is 0 Å². The van der Waals surface area contributed by atoms with Crippen molar-refractivity contribution in [3.05, 3.63) is 23.8 Å². The predicted octanol–water partition coefficient (Wildman–Crippen LogP) is 1.70. The molecule has 1 fully saturated rings. The van der Waals surface area contributed by atoms with Crippen molar-refractivity contribution in [2.24, 2.45) is 23.7 Å². The Morgan fingerprint density at radius 3 is 2.60 bits per heavy atom. The molecule has 0 spiro atoms. The summed E-state index contributed by atoms with van der Waals surface area (Å²) in [5, 5.41) is 9.93. The van der Waals surface area contributed by atoms with Gasteiger partial charge >= 0.3 is 0 Å². The molecule has 0 unspecified atom stereocenters. The van der Waals surface area contributed by atoms with Gasteiger partial charge in [0.25, 0.3) is 0 Å². The maximum atomic E-state index is 12.2. The molecule has 80 valence electrons. The lowest BCUT2D eigenvalue weighted by Crippen LogP contribution is -2.29. The molecule has 3 aliphatic rings. The van der Waals surface area contributed by atoms with Gasteiger partial charge in [-0.3, -0.25) is 4.79 Å². The van der Waals surface area contributed by atoms with Crippen LogP contribution in [0.1, 0.15) is 20.3 Å². The molecule has 3 aliphatic carbocycles. The van der Waals surface area contributed by atoms with Gasteiger partial charge in [0.05, 0.1) is 5.60 Å².